The molecule has 3 aromatic heterocycles. The van der Waals surface area contributed by atoms with E-state index in [1.54, 1.807) is 11.0 Å². The number of rotatable bonds is 3. The molecule has 1 fully saturated rings. The van der Waals surface area contributed by atoms with Crippen LogP contribution in [0, 0.1) is 20.8 Å². The van der Waals surface area contributed by atoms with E-state index in [-0.39, 0.29) is 28.6 Å². The van der Waals surface area contributed by atoms with Gasteiger partial charge in [-0.25, -0.2) is 9.50 Å². The summed E-state index contributed by atoms with van der Waals surface area (Å²) in [5.74, 6) is -0.284. The molecule has 0 aliphatic carbocycles. The molecule has 1 aliphatic heterocycles. The van der Waals surface area contributed by atoms with Gasteiger partial charge in [0, 0.05) is 29.6 Å². The fourth-order valence-corrected chi connectivity index (χ4v) is 4.30. The molecule has 8 heteroatoms. The number of amides is 1. The molecule has 0 bridgehead atoms. The first-order valence-electron chi connectivity index (χ1n) is 10.4. The lowest BCUT2D eigenvalue weighted by Gasteiger charge is -2.35. The zero-order valence-electron chi connectivity index (χ0n) is 17.8. The van der Waals surface area contributed by atoms with Gasteiger partial charge in [0.15, 0.2) is 5.65 Å². The Balaban J connectivity index is 1.77. The first-order valence-corrected chi connectivity index (χ1v) is 10.4. The van der Waals surface area contributed by atoms with Crippen LogP contribution in [-0.4, -0.2) is 36.9 Å². The molecular weight excluding hydrogens is 382 g/mol. The largest absolute Gasteiger partial charge is 0.330 e. The predicted molar refractivity (Wildman–Crippen MR) is 114 cm³/mol. The number of carbonyl (C=O) groups is 1. The van der Waals surface area contributed by atoms with Crippen molar-refractivity contribution in [3.05, 3.63) is 66.6 Å². The molecule has 0 aromatic carbocycles. The Hall–Kier alpha value is -3.16. The summed E-state index contributed by atoms with van der Waals surface area (Å²) >= 11 is 0. The minimum atomic E-state index is -0.370. The number of carbonyl (C=O) groups excluding carboxylic acids is 1. The topological polar surface area (TPSA) is 103 Å². The van der Waals surface area contributed by atoms with Gasteiger partial charge in [0.25, 0.3) is 17.0 Å². The zero-order valence-corrected chi connectivity index (χ0v) is 17.8. The van der Waals surface area contributed by atoms with E-state index in [1.165, 1.54) is 4.52 Å². The van der Waals surface area contributed by atoms with Crippen molar-refractivity contribution < 1.29 is 4.79 Å². The number of hydrogen-bond donors (Lipinski definition) is 2. The maximum atomic E-state index is 13.3. The van der Waals surface area contributed by atoms with Gasteiger partial charge in [-0.15, -0.1) is 0 Å². The van der Waals surface area contributed by atoms with Crippen molar-refractivity contribution in [3.8, 4) is 0 Å². The highest BCUT2D eigenvalue weighted by molar-refractivity contribution is 5.94. The summed E-state index contributed by atoms with van der Waals surface area (Å²) in [5, 5.41) is 3.17. The van der Waals surface area contributed by atoms with E-state index in [4.69, 9.17) is 0 Å². The lowest BCUT2D eigenvalue weighted by Crippen LogP contribution is -2.41. The molecule has 1 atom stereocenters. The minimum Gasteiger partial charge on any atom is -0.330 e. The minimum absolute atomic E-state index is 0.106. The molecule has 4 rings (SSSR count). The molecule has 1 unspecified atom stereocenters. The lowest BCUT2D eigenvalue weighted by molar-refractivity contribution is 0.0603. The summed E-state index contributed by atoms with van der Waals surface area (Å²) in [6.07, 6.45) is 3.21. The van der Waals surface area contributed by atoms with Crippen LogP contribution in [0.3, 0.4) is 0 Å². The summed E-state index contributed by atoms with van der Waals surface area (Å²) < 4.78 is 1.46. The van der Waals surface area contributed by atoms with E-state index in [0.29, 0.717) is 24.2 Å². The van der Waals surface area contributed by atoms with Crippen LogP contribution in [0.15, 0.2) is 21.7 Å². The van der Waals surface area contributed by atoms with Gasteiger partial charge in [0.05, 0.1) is 11.7 Å². The van der Waals surface area contributed by atoms with Crippen LogP contribution in [0.1, 0.15) is 70.8 Å². The number of nitrogens with zero attached hydrogens (tertiary/aromatic N) is 3. The van der Waals surface area contributed by atoms with Crippen molar-refractivity contribution in [1.29, 1.82) is 0 Å². The number of pyridine rings is 1. The van der Waals surface area contributed by atoms with Crippen molar-refractivity contribution in [3.63, 3.8) is 0 Å². The summed E-state index contributed by atoms with van der Waals surface area (Å²) in [6.45, 7) is 8.03. The third kappa shape index (κ3) is 3.26. The summed E-state index contributed by atoms with van der Waals surface area (Å²) in [6, 6.07) is 3.27. The highest BCUT2D eigenvalue weighted by atomic mass is 16.2. The first kappa shape index (κ1) is 20.1. The highest BCUT2D eigenvalue weighted by Crippen LogP contribution is 2.31. The second kappa shape index (κ2) is 7.59. The van der Waals surface area contributed by atoms with Gasteiger partial charge >= 0.3 is 0 Å². The second-order valence-corrected chi connectivity index (χ2v) is 8.07. The molecule has 8 nitrogen and oxygen atoms in total. The maximum Gasteiger partial charge on any atom is 0.276 e. The first-order chi connectivity index (χ1) is 14.3. The molecule has 0 radical (unpaired) electrons. The van der Waals surface area contributed by atoms with Gasteiger partial charge in [-0.05, 0) is 58.1 Å². The summed E-state index contributed by atoms with van der Waals surface area (Å²) in [5.41, 5.74) is 4.03. The van der Waals surface area contributed by atoms with E-state index in [1.807, 2.05) is 33.8 Å². The van der Waals surface area contributed by atoms with Crippen molar-refractivity contribution in [2.24, 2.45) is 0 Å². The molecule has 1 amide bonds. The van der Waals surface area contributed by atoms with Gasteiger partial charge in [0.1, 0.15) is 5.56 Å². The number of piperidine rings is 1. The van der Waals surface area contributed by atoms with E-state index in [0.717, 1.165) is 41.9 Å². The monoisotopic (exact) mass is 409 g/mol. The number of likely N-dealkylation sites (tertiary alicyclic amines) is 1. The third-order valence-corrected chi connectivity index (χ3v) is 6.14. The van der Waals surface area contributed by atoms with Crippen LogP contribution >= 0.6 is 0 Å². The molecule has 3 aromatic rings. The maximum absolute atomic E-state index is 13.3. The average molecular weight is 409 g/mol. The third-order valence-electron chi connectivity index (χ3n) is 6.14. The molecule has 158 valence electrons. The Morgan fingerprint density at radius 1 is 1.20 bits per heavy atom. The summed E-state index contributed by atoms with van der Waals surface area (Å²) in [7, 11) is 0. The molecule has 0 saturated carbocycles. The van der Waals surface area contributed by atoms with Crippen molar-refractivity contribution in [2.45, 2.75) is 59.4 Å². The van der Waals surface area contributed by atoms with Gasteiger partial charge in [-0.3, -0.25) is 19.5 Å². The van der Waals surface area contributed by atoms with E-state index in [9.17, 15) is 14.4 Å². The Morgan fingerprint density at radius 3 is 2.70 bits per heavy atom. The normalized spacial score (nSPS) is 16.9. The Bertz CT molecular complexity index is 1250. The van der Waals surface area contributed by atoms with Crippen molar-refractivity contribution >= 4 is 11.6 Å². The van der Waals surface area contributed by atoms with E-state index in [2.05, 4.69) is 15.1 Å². The van der Waals surface area contributed by atoms with Crippen LogP contribution in [0.4, 0.5) is 0 Å². The van der Waals surface area contributed by atoms with Crippen LogP contribution in [0.2, 0.25) is 0 Å². The smallest absolute Gasteiger partial charge is 0.276 e. The number of H-pyrrole nitrogens is 2. The van der Waals surface area contributed by atoms with Gasteiger partial charge in [-0.2, -0.15) is 0 Å². The van der Waals surface area contributed by atoms with Crippen LogP contribution < -0.4 is 11.1 Å². The lowest BCUT2D eigenvalue weighted by atomic mass is 9.98. The number of aryl methyl sites for hydroxylation is 3. The molecule has 1 aliphatic rings. The fraction of sp³-hybridized carbons (Fsp3) is 0.455. The number of fused-ring (bicyclic) bond motifs is 1. The number of aromatic amines is 2. The zero-order chi connectivity index (χ0) is 21.6. The van der Waals surface area contributed by atoms with Crippen LogP contribution in [0.25, 0.3) is 5.65 Å². The van der Waals surface area contributed by atoms with Gasteiger partial charge < -0.3 is 9.88 Å². The Labute approximate surface area is 173 Å². The van der Waals surface area contributed by atoms with Gasteiger partial charge in [0.2, 0.25) is 0 Å². The molecule has 2 N–H and O–H groups in total. The second-order valence-electron chi connectivity index (χ2n) is 8.07. The standard InChI is InChI=1S/C22H27N5O3/c1-5-15-14(4)23-19-11-17(25-27(19)22(15)30)18-8-6-7-9-26(18)21(29)16-10-12(2)13(3)24-20(16)28/h10-11,18,25H,5-9H2,1-4H3,(H,24,28). The van der Waals surface area contributed by atoms with Crippen LogP contribution in [-0.2, 0) is 6.42 Å². The number of aromatic nitrogens is 4. The van der Waals surface area contributed by atoms with E-state index < -0.39 is 0 Å². The molecule has 30 heavy (non-hydrogen) atoms. The Morgan fingerprint density at radius 2 is 1.97 bits per heavy atom. The fourth-order valence-electron chi connectivity index (χ4n) is 4.30. The molecule has 0 spiro atoms. The van der Waals surface area contributed by atoms with E-state index >= 15 is 0 Å². The molecule has 4 heterocycles. The number of hydrogen-bond acceptors (Lipinski definition) is 4. The van der Waals surface area contributed by atoms with Gasteiger partial charge in [-0.1, -0.05) is 6.92 Å². The quantitative estimate of drug-likeness (QED) is 0.694. The molecular formula is C22H27N5O3. The van der Waals surface area contributed by atoms with Crippen LogP contribution in [0.5, 0.6) is 0 Å². The van der Waals surface area contributed by atoms with Crippen molar-refractivity contribution in [1.82, 2.24) is 24.5 Å². The predicted octanol–water partition coefficient (Wildman–Crippen LogP) is 2.57. The average Bonchev–Trinajstić information content (AvgIpc) is 3.14. The SMILES string of the molecule is CCc1c(C)nc2cc(C3CCCCN3C(=O)c3cc(C)c(C)[nH]c3=O)[nH]n2c1=O. The highest BCUT2D eigenvalue weighted by Gasteiger charge is 2.31. The van der Waals surface area contributed by atoms with Crippen molar-refractivity contribution in [2.75, 3.05) is 6.54 Å². The Kier molecular flexibility index (Phi) is 5.09. The number of nitrogens with one attached hydrogen (secondary N) is 2. The summed E-state index contributed by atoms with van der Waals surface area (Å²) in [4.78, 5) is 47.6. The molecule has 1 saturated heterocycles.